The number of nitrogens with one attached hydrogen (secondary N) is 2. The van der Waals surface area contributed by atoms with Gasteiger partial charge in [0.15, 0.2) is 0 Å². The van der Waals surface area contributed by atoms with Gasteiger partial charge >= 0.3 is 0 Å². The quantitative estimate of drug-likeness (QED) is 0.615. The lowest BCUT2D eigenvalue weighted by Gasteiger charge is -2.31. The van der Waals surface area contributed by atoms with Crippen LogP contribution in [0.1, 0.15) is 28.8 Å². The van der Waals surface area contributed by atoms with E-state index in [4.69, 9.17) is 0 Å². The molecule has 164 valence electrons. The number of benzene rings is 2. The Morgan fingerprint density at radius 3 is 2.26 bits per heavy atom. The monoisotopic (exact) mass is 441 g/mol. The Bertz CT molecular complexity index is 1010. The number of piperidine rings is 1. The van der Waals surface area contributed by atoms with Crippen molar-refractivity contribution in [1.82, 2.24) is 14.9 Å². The van der Waals surface area contributed by atoms with Gasteiger partial charge in [0.2, 0.25) is 15.9 Å². The highest BCUT2D eigenvalue weighted by molar-refractivity contribution is 7.89. The molecule has 31 heavy (non-hydrogen) atoms. The lowest BCUT2D eigenvalue weighted by molar-refractivity contribution is -0.116. The van der Waals surface area contributed by atoms with Crippen LogP contribution in [0.5, 0.6) is 0 Å². The van der Waals surface area contributed by atoms with E-state index in [-0.39, 0.29) is 22.6 Å². The molecule has 0 spiro atoms. The van der Waals surface area contributed by atoms with E-state index >= 15 is 0 Å². The molecule has 8 heteroatoms. The lowest BCUT2D eigenvalue weighted by Crippen LogP contribution is -2.41. The lowest BCUT2D eigenvalue weighted by atomic mass is 9.98. The molecular weight excluding hydrogens is 414 g/mol. The van der Waals surface area contributed by atoms with Crippen LogP contribution in [0.25, 0.3) is 0 Å². The molecule has 0 unspecified atom stereocenters. The van der Waals surface area contributed by atoms with E-state index in [1.807, 2.05) is 30.3 Å². The number of hydrogen-bond donors (Lipinski definition) is 2. The molecule has 1 aliphatic heterocycles. The first kappa shape index (κ1) is 22.7. The maximum Gasteiger partial charge on any atom is 0.251 e. The highest BCUT2D eigenvalue weighted by Crippen LogP contribution is 2.24. The Balaban J connectivity index is 1.55. The fourth-order valence-electron chi connectivity index (χ4n) is 3.48. The molecule has 1 saturated heterocycles. The number of carbonyl (C=O) groups is 2. The zero-order valence-electron chi connectivity index (χ0n) is 17.3. The topological polar surface area (TPSA) is 95.6 Å². The van der Waals surface area contributed by atoms with E-state index in [0.29, 0.717) is 44.6 Å². The first-order chi connectivity index (χ1) is 14.9. The molecule has 1 heterocycles. The van der Waals surface area contributed by atoms with Crippen LogP contribution in [-0.2, 0) is 21.4 Å². The van der Waals surface area contributed by atoms with Gasteiger partial charge in [0.25, 0.3) is 5.91 Å². The van der Waals surface area contributed by atoms with Crippen molar-refractivity contribution in [3.05, 3.63) is 78.4 Å². The van der Waals surface area contributed by atoms with Crippen molar-refractivity contribution in [3.63, 3.8) is 0 Å². The minimum Gasteiger partial charge on any atom is -0.352 e. The van der Waals surface area contributed by atoms with Gasteiger partial charge in [-0.1, -0.05) is 36.9 Å². The summed E-state index contributed by atoms with van der Waals surface area (Å²) in [6.45, 7) is 5.14. The zero-order valence-corrected chi connectivity index (χ0v) is 18.1. The Morgan fingerprint density at radius 2 is 1.65 bits per heavy atom. The summed E-state index contributed by atoms with van der Waals surface area (Å²) in [6.07, 6.45) is 2.58. The van der Waals surface area contributed by atoms with Gasteiger partial charge in [-0.25, -0.2) is 8.42 Å². The Hall–Kier alpha value is -2.97. The van der Waals surface area contributed by atoms with Crippen LogP contribution in [0, 0.1) is 5.92 Å². The van der Waals surface area contributed by atoms with Crippen LogP contribution in [0.4, 0.5) is 0 Å². The van der Waals surface area contributed by atoms with E-state index < -0.39 is 10.0 Å². The fourth-order valence-corrected chi connectivity index (χ4v) is 4.95. The van der Waals surface area contributed by atoms with Crippen molar-refractivity contribution in [2.24, 2.45) is 5.92 Å². The predicted molar refractivity (Wildman–Crippen MR) is 119 cm³/mol. The SMILES string of the molecule is C=CC(=O)NCC1CCN(S(=O)(=O)c2ccc(C(=O)NCc3ccccc3)cc2)CC1. The maximum atomic E-state index is 12.9. The molecule has 0 bridgehead atoms. The average Bonchev–Trinajstić information content (AvgIpc) is 2.82. The van der Waals surface area contributed by atoms with Gasteiger partial charge in [-0.2, -0.15) is 4.31 Å². The summed E-state index contributed by atoms with van der Waals surface area (Å²) < 4.78 is 27.3. The molecule has 0 atom stereocenters. The van der Waals surface area contributed by atoms with Crippen molar-refractivity contribution in [2.45, 2.75) is 24.3 Å². The van der Waals surface area contributed by atoms with Crippen molar-refractivity contribution in [2.75, 3.05) is 19.6 Å². The molecule has 2 aromatic rings. The van der Waals surface area contributed by atoms with Crippen LogP contribution in [0.2, 0.25) is 0 Å². The number of amides is 2. The van der Waals surface area contributed by atoms with E-state index in [1.165, 1.54) is 34.6 Å². The highest BCUT2D eigenvalue weighted by Gasteiger charge is 2.29. The third kappa shape index (κ3) is 6.02. The first-order valence-electron chi connectivity index (χ1n) is 10.2. The molecule has 2 amide bonds. The normalized spacial score (nSPS) is 15.2. The molecule has 2 N–H and O–H groups in total. The van der Waals surface area contributed by atoms with E-state index in [9.17, 15) is 18.0 Å². The first-order valence-corrected chi connectivity index (χ1v) is 11.7. The minimum atomic E-state index is -3.62. The summed E-state index contributed by atoms with van der Waals surface area (Å²) in [6, 6.07) is 15.6. The summed E-state index contributed by atoms with van der Waals surface area (Å²) in [5.74, 6) is -0.232. The van der Waals surface area contributed by atoms with Crippen LogP contribution in [0.3, 0.4) is 0 Å². The third-order valence-electron chi connectivity index (χ3n) is 5.37. The molecule has 2 aromatic carbocycles. The Labute approximate surface area is 183 Å². The molecule has 1 fully saturated rings. The summed E-state index contributed by atoms with van der Waals surface area (Å²) in [5.41, 5.74) is 1.40. The van der Waals surface area contributed by atoms with Gasteiger partial charge in [-0.15, -0.1) is 0 Å². The van der Waals surface area contributed by atoms with E-state index in [2.05, 4.69) is 17.2 Å². The van der Waals surface area contributed by atoms with Gasteiger partial charge in [-0.3, -0.25) is 9.59 Å². The Kier molecular flexibility index (Phi) is 7.59. The molecular formula is C23H27N3O4S. The number of nitrogens with zero attached hydrogens (tertiary/aromatic N) is 1. The number of hydrogen-bond acceptors (Lipinski definition) is 4. The van der Waals surface area contributed by atoms with Gasteiger partial charge in [0, 0.05) is 31.7 Å². The van der Waals surface area contributed by atoms with Crippen molar-refractivity contribution in [3.8, 4) is 0 Å². The van der Waals surface area contributed by atoms with Crippen LogP contribution < -0.4 is 10.6 Å². The number of carbonyl (C=O) groups excluding carboxylic acids is 2. The second-order valence-electron chi connectivity index (χ2n) is 7.49. The van der Waals surface area contributed by atoms with Gasteiger partial charge in [0.1, 0.15) is 0 Å². The van der Waals surface area contributed by atoms with E-state index in [0.717, 1.165) is 5.56 Å². The van der Waals surface area contributed by atoms with Gasteiger partial charge < -0.3 is 10.6 Å². The second kappa shape index (κ2) is 10.4. The highest BCUT2D eigenvalue weighted by atomic mass is 32.2. The average molecular weight is 442 g/mol. The van der Waals surface area contributed by atoms with Crippen LogP contribution in [0.15, 0.2) is 72.1 Å². The van der Waals surface area contributed by atoms with Gasteiger partial charge in [-0.05, 0) is 54.7 Å². The molecule has 0 aromatic heterocycles. The number of sulfonamides is 1. The minimum absolute atomic E-state index is 0.172. The summed E-state index contributed by atoms with van der Waals surface area (Å²) in [4.78, 5) is 23.8. The molecule has 1 aliphatic rings. The number of rotatable bonds is 8. The molecule has 0 aliphatic carbocycles. The summed E-state index contributed by atoms with van der Waals surface area (Å²) >= 11 is 0. The second-order valence-corrected chi connectivity index (χ2v) is 9.43. The molecule has 3 rings (SSSR count). The fraction of sp³-hybridized carbons (Fsp3) is 0.304. The van der Waals surface area contributed by atoms with Crippen LogP contribution in [-0.4, -0.2) is 44.2 Å². The predicted octanol–water partition coefficient (Wildman–Crippen LogP) is 2.32. The van der Waals surface area contributed by atoms with Crippen LogP contribution >= 0.6 is 0 Å². The smallest absolute Gasteiger partial charge is 0.251 e. The standard InChI is InChI=1S/C23H27N3O4S/c1-2-22(27)24-16-19-12-14-26(15-13-19)31(29,30)21-10-8-20(9-11-21)23(28)25-17-18-6-4-3-5-7-18/h2-11,19H,1,12-17H2,(H,24,27)(H,25,28). The van der Waals surface area contributed by atoms with Gasteiger partial charge in [0.05, 0.1) is 4.90 Å². The van der Waals surface area contributed by atoms with Crippen molar-refractivity contribution < 1.29 is 18.0 Å². The largest absolute Gasteiger partial charge is 0.352 e. The molecule has 0 radical (unpaired) electrons. The summed E-state index contributed by atoms with van der Waals surface area (Å²) in [7, 11) is -3.62. The molecule has 7 nitrogen and oxygen atoms in total. The maximum absolute atomic E-state index is 12.9. The third-order valence-corrected chi connectivity index (χ3v) is 7.29. The summed E-state index contributed by atoms with van der Waals surface area (Å²) in [5, 5.41) is 5.59. The zero-order chi connectivity index (χ0) is 22.3. The molecule has 0 saturated carbocycles. The van der Waals surface area contributed by atoms with Crippen molar-refractivity contribution >= 4 is 21.8 Å². The van der Waals surface area contributed by atoms with E-state index in [1.54, 1.807) is 0 Å². The van der Waals surface area contributed by atoms with Crippen molar-refractivity contribution in [1.29, 1.82) is 0 Å². The Morgan fingerprint density at radius 1 is 1.00 bits per heavy atom.